The number of amides is 2. The highest BCUT2D eigenvalue weighted by Gasteiger charge is 2.30. The average molecular weight is 583 g/mol. The first kappa shape index (κ1) is 31.4. The van der Waals surface area contributed by atoms with Crippen molar-refractivity contribution in [2.75, 3.05) is 13.1 Å². The zero-order valence-electron chi connectivity index (χ0n) is 21.5. The van der Waals surface area contributed by atoms with Gasteiger partial charge in [-0.15, -0.1) is 0 Å². The van der Waals surface area contributed by atoms with Crippen molar-refractivity contribution < 1.29 is 39.2 Å². The molecule has 216 valence electrons. The van der Waals surface area contributed by atoms with Crippen LogP contribution in [0.4, 0.5) is 11.6 Å². The monoisotopic (exact) mass is 582 g/mol. The highest BCUT2D eigenvalue weighted by molar-refractivity contribution is 7.80. The van der Waals surface area contributed by atoms with Crippen LogP contribution >= 0.6 is 12.2 Å². The molecule has 0 radical (unpaired) electrons. The number of rotatable bonds is 14. The molecule has 2 aromatic rings. The molecule has 0 aliphatic heterocycles. The van der Waals surface area contributed by atoms with Crippen molar-refractivity contribution in [3.63, 3.8) is 0 Å². The van der Waals surface area contributed by atoms with Crippen LogP contribution in [0, 0.1) is 34.1 Å². The minimum atomic E-state index is -1.28. The number of imidazole rings is 2. The van der Waals surface area contributed by atoms with Crippen molar-refractivity contribution in [1.29, 1.82) is 0 Å². The van der Waals surface area contributed by atoms with Gasteiger partial charge in [0.05, 0.1) is 25.9 Å². The second-order valence-corrected chi connectivity index (χ2v) is 8.67. The molecule has 0 aliphatic carbocycles. The van der Waals surface area contributed by atoms with Crippen LogP contribution in [0.5, 0.6) is 0 Å². The van der Waals surface area contributed by atoms with Crippen LogP contribution in [0.15, 0.2) is 12.4 Å². The van der Waals surface area contributed by atoms with Crippen molar-refractivity contribution in [3.8, 4) is 0 Å². The van der Waals surface area contributed by atoms with Gasteiger partial charge >= 0.3 is 23.6 Å². The summed E-state index contributed by atoms with van der Waals surface area (Å²) in [5, 5.41) is 40.4. The largest absolute Gasteiger partial charge is 0.481 e. The highest BCUT2D eigenvalue weighted by atomic mass is 32.1. The predicted octanol–water partition coefficient (Wildman–Crippen LogP) is 0.885. The third-order valence-electron chi connectivity index (χ3n) is 5.71. The molecule has 0 fully saturated rings. The first-order valence-electron chi connectivity index (χ1n) is 11.7. The van der Waals surface area contributed by atoms with Crippen molar-refractivity contribution in [1.82, 2.24) is 28.9 Å². The fourth-order valence-corrected chi connectivity index (χ4v) is 4.04. The molecule has 0 saturated carbocycles. The first-order valence-corrected chi connectivity index (χ1v) is 12.1. The number of aliphatic carboxylic acids is 2. The molecule has 18 nitrogen and oxygen atoms in total. The molecule has 2 rings (SSSR count). The number of nitro groups is 2. The second kappa shape index (κ2) is 13.8. The van der Waals surface area contributed by atoms with Gasteiger partial charge in [-0.25, -0.2) is 19.1 Å². The maximum absolute atomic E-state index is 13.1. The number of hydrogen-bond donors (Lipinski definition) is 2. The summed E-state index contributed by atoms with van der Waals surface area (Å²) >= 11 is 5.43. The number of carboxylic acids is 2. The van der Waals surface area contributed by atoms with Gasteiger partial charge in [-0.1, -0.05) is 0 Å². The van der Waals surface area contributed by atoms with Crippen LogP contribution < -0.4 is 0 Å². The summed E-state index contributed by atoms with van der Waals surface area (Å²) in [5.41, 5.74) is 0. The van der Waals surface area contributed by atoms with Gasteiger partial charge in [-0.05, 0) is 22.1 Å². The van der Waals surface area contributed by atoms with E-state index in [0.717, 1.165) is 22.2 Å². The van der Waals surface area contributed by atoms with E-state index in [1.54, 1.807) is 0 Å². The lowest BCUT2D eigenvalue weighted by molar-refractivity contribution is -0.392. The lowest BCUT2D eigenvalue weighted by Gasteiger charge is -2.30. The molecule has 19 heteroatoms. The summed E-state index contributed by atoms with van der Waals surface area (Å²) in [6.45, 7) is 1.91. The predicted molar refractivity (Wildman–Crippen MR) is 137 cm³/mol. The number of aryl methyl sites for hydroxylation is 2. The SMILES string of the molecule is Cc1ncc([N+](=O)[O-])n1CCN(C(=O)CCC(=O)O)C(=S)N(CCn1c([N+](=O)[O-])cnc1C)C(=O)CCC(=O)O. The van der Waals surface area contributed by atoms with E-state index in [1.165, 1.54) is 23.0 Å². The molecular formula is C21H26N8O10S. The molecular weight excluding hydrogens is 556 g/mol. The maximum atomic E-state index is 13.1. The number of hydrogen-bond acceptors (Lipinski definition) is 11. The Bertz CT molecular complexity index is 1240. The number of thiocarbonyl (C=S) groups is 1. The van der Waals surface area contributed by atoms with E-state index in [4.69, 9.17) is 22.4 Å². The molecule has 2 N–H and O–H groups in total. The molecule has 0 aromatic carbocycles. The van der Waals surface area contributed by atoms with Gasteiger partial charge in [0.25, 0.3) is 0 Å². The zero-order valence-corrected chi connectivity index (χ0v) is 22.3. The number of nitrogens with zero attached hydrogens (tertiary/aromatic N) is 8. The van der Waals surface area contributed by atoms with E-state index < -0.39 is 64.4 Å². The summed E-state index contributed by atoms with van der Waals surface area (Å²) in [6.07, 6.45) is -0.155. The van der Waals surface area contributed by atoms with Crippen LogP contribution in [0.25, 0.3) is 0 Å². The van der Waals surface area contributed by atoms with E-state index in [1.807, 2.05) is 0 Å². The van der Waals surface area contributed by atoms with Gasteiger partial charge in [0.15, 0.2) is 16.8 Å². The Balaban J connectivity index is 2.42. The van der Waals surface area contributed by atoms with E-state index in [0.29, 0.717) is 0 Å². The minimum absolute atomic E-state index is 0.204. The highest BCUT2D eigenvalue weighted by Crippen LogP contribution is 2.17. The molecule has 0 saturated heterocycles. The Morgan fingerprint density at radius 1 is 0.800 bits per heavy atom. The lowest BCUT2D eigenvalue weighted by Crippen LogP contribution is -2.50. The first-order chi connectivity index (χ1) is 18.7. The van der Waals surface area contributed by atoms with Crippen LogP contribution in [0.1, 0.15) is 37.3 Å². The minimum Gasteiger partial charge on any atom is -0.481 e. The second-order valence-electron chi connectivity index (χ2n) is 8.31. The Morgan fingerprint density at radius 3 is 1.45 bits per heavy atom. The smallest absolute Gasteiger partial charge is 0.342 e. The molecule has 2 aromatic heterocycles. The summed E-state index contributed by atoms with van der Waals surface area (Å²) in [5.74, 6) is -4.45. The Labute approximate surface area is 231 Å². The molecule has 0 bridgehead atoms. The molecule has 40 heavy (non-hydrogen) atoms. The van der Waals surface area contributed by atoms with Gasteiger partial charge in [0, 0.05) is 26.7 Å². The quantitative estimate of drug-likeness (QED) is 0.179. The normalized spacial score (nSPS) is 10.7. The van der Waals surface area contributed by atoms with Crippen LogP contribution in [0.2, 0.25) is 0 Å². The van der Waals surface area contributed by atoms with Crippen molar-refractivity contribution in [2.24, 2.45) is 0 Å². The molecule has 2 heterocycles. The van der Waals surface area contributed by atoms with E-state index in [9.17, 15) is 39.4 Å². The third-order valence-corrected chi connectivity index (χ3v) is 6.15. The number of aromatic nitrogens is 4. The third kappa shape index (κ3) is 8.09. The van der Waals surface area contributed by atoms with Crippen LogP contribution in [0.3, 0.4) is 0 Å². The summed E-state index contributed by atoms with van der Waals surface area (Å²) < 4.78 is 2.38. The van der Waals surface area contributed by atoms with E-state index in [2.05, 4.69) is 9.97 Å². The van der Waals surface area contributed by atoms with E-state index >= 15 is 0 Å². The summed E-state index contributed by atoms with van der Waals surface area (Å²) in [4.78, 5) is 79.2. The van der Waals surface area contributed by atoms with E-state index in [-0.39, 0.29) is 49.5 Å². The zero-order chi connectivity index (χ0) is 30.1. The van der Waals surface area contributed by atoms with Crippen LogP contribution in [-0.2, 0) is 32.3 Å². The number of carbonyl (C=O) groups excluding carboxylic acids is 2. The van der Waals surface area contributed by atoms with Crippen LogP contribution in [-0.4, -0.2) is 90.9 Å². The fraction of sp³-hybridized carbons (Fsp3) is 0.476. The van der Waals surface area contributed by atoms with Gasteiger partial charge in [0.1, 0.15) is 25.5 Å². The summed E-state index contributed by atoms with van der Waals surface area (Å²) in [6, 6.07) is 0. The molecule has 2 amide bonds. The number of carbonyl (C=O) groups is 4. The van der Waals surface area contributed by atoms with Gasteiger partial charge in [-0.2, -0.15) is 0 Å². The molecule has 0 aliphatic rings. The van der Waals surface area contributed by atoms with Gasteiger partial charge < -0.3 is 30.4 Å². The Morgan fingerprint density at radius 2 is 1.15 bits per heavy atom. The van der Waals surface area contributed by atoms with Crippen molar-refractivity contribution >= 4 is 52.7 Å². The molecule has 0 atom stereocenters. The lowest BCUT2D eigenvalue weighted by atomic mass is 10.2. The fourth-order valence-electron chi connectivity index (χ4n) is 3.65. The van der Waals surface area contributed by atoms with Crippen molar-refractivity contribution in [3.05, 3.63) is 44.3 Å². The Kier molecular flexibility index (Phi) is 10.9. The maximum Gasteiger partial charge on any atom is 0.342 e. The summed E-state index contributed by atoms with van der Waals surface area (Å²) in [7, 11) is 0. The average Bonchev–Trinajstić information content (AvgIpc) is 3.43. The van der Waals surface area contributed by atoms with Gasteiger partial charge in [-0.3, -0.25) is 29.0 Å². The topological polar surface area (TPSA) is 237 Å². The van der Waals surface area contributed by atoms with Gasteiger partial charge in [0.2, 0.25) is 11.8 Å². The standard InChI is InChI=1S/C21H26N8O10S/c1-13-22-11-15(28(36)37)24(13)7-9-26(17(30)3-5-19(32)33)21(40)27(18(31)4-6-20(34)35)10-8-25-14(2)23-12-16(25)29(38)39/h11-12H,3-10H2,1-2H3,(H,32,33)(H,34,35). The van der Waals surface area contributed by atoms with Crippen molar-refractivity contribution in [2.45, 2.75) is 52.6 Å². The molecule has 0 unspecified atom stereocenters. The molecule has 0 spiro atoms. The number of carboxylic acid groups (broad SMARTS) is 2. The Hall–Kier alpha value is -4.81.